The highest BCUT2D eigenvalue weighted by molar-refractivity contribution is 5.80. The molecule has 3 nitrogen and oxygen atoms in total. The van der Waals surface area contributed by atoms with Crippen molar-refractivity contribution in [3.05, 3.63) is 36.0 Å². The Kier molecular flexibility index (Phi) is 4.39. The summed E-state index contributed by atoms with van der Waals surface area (Å²) in [4.78, 5) is 2.20. The van der Waals surface area contributed by atoms with Gasteiger partial charge in [-0.3, -0.25) is 0 Å². The molecule has 18 heavy (non-hydrogen) atoms. The smallest absolute Gasteiger partial charge is 0.0480 e. The van der Waals surface area contributed by atoms with Crippen molar-refractivity contribution in [1.29, 1.82) is 0 Å². The molecule has 0 atom stereocenters. The standard InChI is InChI=1S/C15H23N3/c1-13-4-5-15-14(12-13)6-9-18(15)11-8-16-7-10-17(2)3/h4-6,9,12,16H,7-8,10-11H2,1-3H3. The van der Waals surface area contributed by atoms with Crippen LogP contribution < -0.4 is 5.32 Å². The molecule has 0 aliphatic rings. The topological polar surface area (TPSA) is 20.2 Å². The molecule has 0 bridgehead atoms. The Morgan fingerprint density at radius 2 is 2.00 bits per heavy atom. The van der Waals surface area contributed by atoms with E-state index in [-0.39, 0.29) is 0 Å². The fraction of sp³-hybridized carbons (Fsp3) is 0.467. The summed E-state index contributed by atoms with van der Waals surface area (Å²) >= 11 is 0. The van der Waals surface area contributed by atoms with E-state index in [9.17, 15) is 0 Å². The van der Waals surface area contributed by atoms with E-state index < -0.39 is 0 Å². The molecule has 0 radical (unpaired) electrons. The van der Waals surface area contributed by atoms with Crippen molar-refractivity contribution in [3.63, 3.8) is 0 Å². The molecular formula is C15H23N3. The van der Waals surface area contributed by atoms with Crippen LogP contribution in [0.25, 0.3) is 10.9 Å². The van der Waals surface area contributed by atoms with Gasteiger partial charge in [-0.1, -0.05) is 11.6 Å². The molecule has 1 aromatic carbocycles. The molecule has 1 heterocycles. The first-order valence-electron chi connectivity index (χ1n) is 6.58. The van der Waals surface area contributed by atoms with Gasteiger partial charge in [0.15, 0.2) is 0 Å². The second-order valence-corrected chi connectivity index (χ2v) is 5.12. The number of hydrogen-bond acceptors (Lipinski definition) is 2. The molecule has 0 fully saturated rings. The number of rotatable bonds is 6. The molecule has 0 saturated carbocycles. The van der Waals surface area contributed by atoms with E-state index in [1.807, 2.05) is 0 Å². The van der Waals surface area contributed by atoms with Crippen molar-refractivity contribution in [1.82, 2.24) is 14.8 Å². The molecule has 2 rings (SSSR count). The Hall–Kier alpha value is -1.32. The van der Waals surface area contributed by atoms with Gasteiger partial charge >= 0.3 is 0 Å². The fourth-order valence-corrected chi connectivity index (χ4v) is 2.14. The zero-order valence-corrected chi connectivity index (χ0v) is 11.6. The third-order valence-corrected chi connectivity index (χ3v) is 3.19. The summed E-state index contributed by atoms with van der Waals surface area (Å²) in [7, 11) is 4.20. The van der Waals surface area contributed by atoms with E-state index in [1.165, 1.54) is 16.5 Å². The van der Waals surface area contributed by atoms with E-state index in [0.717, 1.165) is 26.2 Å². The van der Waals surface area contributed by atoms with Crippen LogP contribution in [-0.2, 0) is 6.54 Å². The summed E-state index contributed by atoms with van der Waals surface area (Å²) in [6.45, 7) is 6.32. The number of fused-ring (bicyclic) bond motifs is 1. The molecule has 0 unspecified atom stereocenters. The molecule has 98 valence electrons. The third-order valence-electron chi connectivity index (χ3n) is 3.19. The normalized spacial score (nSPS) is 11.6. The molecular weight excluding hydrogens is 222 g/mol. The minimum atomic E-state index is 1.02. The van der Waals surface area contributed by atoms with Crippen molar-refractivity contribution in [3.8, 4) is 0 Å². The van der Waals surface area contributed by atoms with E-state index in [4.69, 9.17) is 0 Å². The van der Waals surface area contributed by atoms with Gasteiger partial charge in [-0.25, -0.2) is 0 Å². The molecule has 2 aromatic rings. The zero-order chi connectivity index (χ0) is 13.0. The molecule has 0 aliphatic carbocycles. The molecule has 1 N–H and O–H groups in total. The van der Waals surface area contributed by atoms with Gasteiger partial charge in [-0.05, 0) is 44.6 Å². The first-order chi connectivity index (χ1) is 8.66. The quantitative estimate of drug-likeness (QED) is 0.787. The first-order valence-corrected chi connectivity index (χ1v) is 6.58. The van der Waals surface area contributed by atoms with E-state index in [1.54, 1.807) is 0 Å². The minimum Gasteiger partial charge on any atom is -0.346 e. The highest BCUT2D eigenvalue weighted by Crippen LogP contribution is 2.16. The largest absolute Gasteiger partial charge is 0.346 e. The lowest BCUT2D eigenvalue weighted by Gasteiger charge is -2.11. The van der Waals surface area contributed by atoms with Gasteiger partial charge in [0, 0.05) is 37.9 Å². The van der Waals surface area contributed by atoms with Gasteiger partial charge in [-0.15, -0.1) is 0 Å². The number of aromatic nitrogens is 1. The summed E-state index contributed by atoms with van der Waals surface area (Å²) in [5.74, 6) is 0. The van der Waals surface area contributed by atoms with Gasteiger partial charge < -0.3 is 14.8 Å². The van der Waals surface area contributed by atoms with Crippen LogP contribution in [0.3, 0.4) is 0 Å². The average Bonchev–Trinajstić information content (AvgIpc) is 2.70. The van der Waals surface area contributed by atoms with Crippen LogP contribution in [-0.4, -0.2) is 43.2 Å². The van der Waals surface area contributed by atoms with Crippen LogP contribution in [0, 0.1) is 6.92 Å². The van der Waals surface area contributed by atoms with Gasteiger partial charge in [0.05, 0.1) is 0 Å². The number of nitrogens with zero attached hydrogens (tertiary/aromatic N) is 2. The van der Waals surface area contributed by atoms with Gasteiger partial charge in [0.25, 0.3) is 0 Å². The SMILES string of the molecule is Cc1ccc2c(ccn2CCNCCN(C)C)c1. The summed E-state index contributed by atoms with van der Waals surface area (Å²) in [6.07, 6.45) is 2.18. The second kappa shape index (κ2) is 6.03. The number of hydrogen-bond donors (Lipinski definition) is 1. The van der Waals surface area contributed by atoms with Crippen LogP contribution in [0.5, 0.6) is 0 Å². The van der Waals surface area contributed by atoms with Crippen molar-refractivity contribution in [2.75, 3.05) is 33.7 Å². The lowest BCUT2D eigenvalue weighted by Crippen LogP contribution is -2.28. The maximum absolute atomic E-state index is 3.47. The number of aryl methyl sites for hydroxylation is 1. The van der Waals surface area contributed by atoms with Gasteiger partial charge in [0.1, 0.15) is 0 Å². The third kappa shape index (κ3) is 3.34. The number of likely N-dealkylation sites (N-methyl/N-ethyl adjacent to an activating group) is 1. The van der Waals surface area contributed by atoms with Crippen LogP contribution in [0.2, 0.25) is 0 Å². The van der Waals surface area contributed by atoms with Crippen molar-refractivity contribution in [2.45, 2.75) is 13.5 Å². The summed E-state index contributed by atoms with van der Waals surface area (Å²) in [5.41, 5.74) is 2.65. The molecule has 3 heteroatoms. The predicted molar refractivity (Wildman–Crippen MR) is 78.1 cm³/mol. The zero-order valence-electron chi connectivity index (χ0n) is 11.6. The Morgan fingerprint density at radius 1 is 1.17 bits per heavy atom. The van der Waals surface area contributed by atoms with Crippen LogP contribution in [0.15, 0.2) is 30.5 Å². The molecule has 0 amide bonds. The lowest BCUT2D eigenvalue weighted by atomic mass is 10.2. The van der Waals surface area contributed by atoms with Gasteiger partial charge in [0.2, 0.25) is 0 Å². The maximum atomic E-state index is 3.47. The van der Waals surface area contributed by atoms with E-state index in [0.29, 0.717) is 0 Å². The maximum Gasteiger partial charge on any atom is 0.0480 e. The fourth-order valence-electron chi connectivity index (χ4n) is 2.14. The molecule has 1 aromatic heterocycles. The van der Waals surface area contributed by atoms with Crippen LogP contribution in [0.1, 0.15) is 5.56 Å². The highest BCUT2D eigenvalue weighted by atomic mass is 15.1. The summed E-state index contributed by atoms with van der Waals surface area (Å²) < 4.78 is 2.32. The Bertz CT molecular complexity index is 499. The predicted octanol–water partition coefficient (Wildman–Crippen LogP) is 2.10. The van der Waals surface area contributed by atoms with Crippen molar-refractivity contribution < 1.29 is 0 Å². The molecule has 0 spiro atoms. The minimum absolute atomic E-state index is 1.02. The Balaban J connectivity index is 1.88. The molecule has 0 aliphatic heterocycles. The van der Waals surface area contributed by atoms with Crippen molar-refractivity contribution >= 4 is 10.9 Å². The lowest BCUT2D eigenvalue weighted by molar-refractivity contribution is 0.398. The van der Waals surface area contributed by atoms with Crippen LogP contribution in [0.4, 0.5) is 0 Å². The number of nitrogens with one attached hydrogen (secondary N) is 1. The van der Waals surface area contributed by atoms with Gasteiger partial charge in [-0.2, -0.15) is 0 Å². The number of benzene rings is 1. The van der Waals surface area contributed by atoms with E-state index in [2.05, 4.69) is 66.3 Å². The monoisotopic (exact) mass is 245 g/mol. The Labute approximate surface area is 109 Å². The van der Waals surface area contributed by atoms with Crippen LogP contribution >= 0.6 is 0 Å². The highest BCUT2D eigenvalue weighted by Gasteiger charge is 2.00. The average molecular weight is 245 g/mol. The summed E-state index contributed by atoms with van der Waals surface area (Å²) in [5, 5.41) is 4.80. The van der Waals surface area contributed by atoms with Crippen molar-refractivity contribution in [2.24, 2.45) is 0 Å². The Morgan fingerprint density at radius 3 is 2.78 bits per heavy atom. The first kappa shape index (κ1) is 13.1. The molecule has 0 saturated heterocycles. The second-order valence-electron chi connectivity index (χ2n) is 5.12. The van der Waals surface area contributed by atoms with E-state index >= 15 is 0 Å². The summed E-state index contributed by atoms with van der Waals surface area (Å²) in [6, 6.07) is 8.83.